The van der Waals surface area contributed by atoms with Crippen LogP contribution in [0, 0.1) is 0 Å². The number of aliphatic hydroxyl groups excluding tert-OH is 3. The summed E-state index contributed by atoms with van der Waals surface area (Å²) in [6.07, 6.45) is -1.71. The van der Waals surface area contributed by atoms with Gasteiger partial charge in [0.25, 0.3) is 0 Å². The lowest BCUT2D eigenvalue weighted by Crippen LogP contribution is -2.22. The first-order chi connectivity index (χ1) is 8.13. The van der Waals surface area contributed by atoms with Gasteiger partial charge in [0.05, 0.1) is 19.8 Å². The molecule has 0 amide bonds. The Morgan fingerprint density at radius 3 is 2.59 bits per heavy atom. The van der Waals surface area contributed by atoms with Crippen molar-refractivity contribution in [2.75, 3.05) is 13.7 Å². The Balaban J connectivity index is 3.00. The fraction of sp³-hybridized carbons (Fsp3) is 0.500. The summed E-state index contributed by atoms with van der Waals surface area (Å²) in [4.78, 5) is 0. The number of methoxy groups -OCH3 is 1. The molecule has 0 saturated carbocycles. The molecule has 0 aliphatic heterocycles. The minimum Gasteiger partial charge on any atom is -0.496 e. The van der Waals surface area contributed by atoms with E-state index in [9.17, 15) is 10.2 Å². The largest absolute Gasteiger partial charge is 0.496 e. The summed E-state index contributed by atoms with van der Waals surface area (Å²) >= 11 is 0. The van der Waals surface area contributed by atoms with Crippen molar-refractivity contribution in [1.29, 1.82) is 0 Å². The molecule has 5 heteroatoms. The molecule has 2 unspecified atom stereocenters. The minimum atomic E-state index is -1.07. The topological polar surface area (TPSA) is 95.9 Å². The Labute approximate surface area is 100 Å². The SMILES string of the molecule is COc1ccc(CO)cc1C(O)C(O)CCN. The van der Waals surface area contributed by atoms with Crippen molar-refractivity contribution in [1.82, 2.24) is 0 Å². The van der Waals surface area contributed by atoms with Gasteiger partial charge in [0.15, 0.2) is 0 Å². The number of rotatable bonds is 6. The van der Waals surface area contributed by atoms with E-state index in [1.54, 1.807) is 18.2 Å². The Bertz CT molecular complexity index is 356. The second kappa shape index (κ2) is 6.56. The summed E-state index contributed by atoms with van der Waals surface area (Å²) in [5, 5.41) is 28.7. The van der Waals surface area contributed by atoms with Gasteiger partial charge in [0.2, 0.25) is 0 Å². The Morgan fingerprint density at radius 1 is 1.35 bits per heavy atom. The van der Waals surface area contributed by atoms with Crippen LogP contribution in [0.5, 0.6) is 5.75 Å². The van der Waals surface area contributed by atoms with Crippen molar-refractivity contribution in [2.24, 2.45) is 5.73 Å². The van der Waals surface area contributed by atoms with Gasteiger partial charge in [-0.05, 0) is 30.7 Å². The zero-order valence-corrected chi connectivity index (χ0v) is 9.84. The maximum absolute atomic E-state index is 9.98. The van der Waals surface area contributed by atoms with Gasteiger partial charge in [-0.2, -0.15) is 0 Å². The first-order valence-corrected chi connectivity index (χ1v) is 5.48. The van der Waals surface area contributed by atoms with Crippen molar-refractivity contribution in [3.63, 3.8) is 0 Å². The molecule has 0 heterocycles. The highest BCUT2D eigenvalue weighted by atomic mass is 16.5. The van der Waals surface area contributed by atoms with Crippen LogP contribution in [0.15, 0.2) is 18.2 Å². The Kier molecular flexibility index (Phi) is 5.37. The first-order valence-electron chi connectivity index (χ1n) is 5.48. The molecule has 1 aromatic carbocycles. The molecule has 2 atom stereocenters. The molecule has 0 radical (unpaired) electrons. The van der Waals surface area contributed by atoms with Crippen LogP contribution in [0.4, 0.5) is 0 Å². The van der Waals surface area contributed by atoms with E-state index >= 15 is 0 Å². The first kappa shape index (κ1) is 13.9. The normalized spacial score (nSPS) is 14.4. The van der Waals surface area contributed by atoms with Gasteiger partial charge in [0.1, 0.15) is 11.9 Å². The molecule has 0 spiro atoms. The summed E-state index contributed by atoms with van der Waals surface area (Å²) in [5.74, 6) is 0.478. The van der Waals surface area contributed by atoms with Crippen LogP contribution < -0.4 is 10.5 Å². The van der Waals surface area contributed by atoms with E-state index in [1.165, 1.54) is 7.11 Å². The average Bonchev–Trinajstić information content (AvgIpc) is 2.37. The number of benzene rings is 1. The quantitative estimate of drug-likeness (QED) is 0.559. The third kappa shape index (κ3) is 3.41. The van der Waals surface area contributed by atoms with Crippen molar-refractivity contribution in [3.8, 4) is 5.75 Å². The molecule has 0 aromatic heterocycles. The molecule has 17 heavy (non-hydrogen) atoms. The number of hydrogen-bond donors (Lipinski definition) is 4. The average molecular weight is 241 g/mol. The summed E-state index contributed by atoms with van der Waals surface area (Å²) in [6, 6.07) is 4.97. The molecule has 1 aromatic rings. The highest BCUT2D eigenvalue weighted by Crippen LogP contribution is 2.29. The lowest BCUT2D eigenvalue weighted by molar-refractivity contribution is 0.0136. The van der Waals surface area contributed by atoms with E-state index in [2.05, 4.69) is 0 Å². The summed E-state index contributed by atoms with van der Waals surface area (Å²) in [6.45, 7) is 0.164. The van der Waals surface area contributed by atoms with Crippen LogP contribution in [-0.4, -0.2) is 35.1 Å². The smallest absolute Gasteiger partial charge is 0.124 e. The van der Waals surface area contributed by atoms with Gasteiger partial charge in [0, 0.05) is 5.56 Å². The fourth-order valence-corrected chi connectivity index (χ4v) is 1.65. The van der Waals surface area contributed by atoms with E-state index in [4.69, 9.17) is 15.6 Å². The third-order valence-electron chi connectivity index (χ3n) is 2.62. The summed E-state index contributed by atoms with van der Waals surface area (Å²) in [5.41, 5.74) is 6.44. The predicted octanol–water partition coefficient (Wildman–Crippen LogP) is -0.0694. The van der Waals surface area contributed by atoms with Crippen LogP contribution in [0.2, 0.25) is 0 Å². The van der Waals surface area contributed by atoms with E-state index in [-0.39, 0.29) is 6.61 Å². The molecular weight excluding hydrogens is 222 g/mol. The number of aliphatic hydroxyl groups is 3. The molecule has 96 valence electrons. The van der Waals surface area contributed by atoms with E-state index in [0.717, 1.165) is 0 Å². The number of hydrogen-bond acceptors (Lipinski definition) is 5. The number of ether oxygens (including phenoxy) is 1. The van der Waals surface area contributed by atoms with Crippen LogP contribution >= 0.6 is 0 Å². The highest BCUT2D eigenvalue weighted by molar-refractivity contribution is 5.39. The summed E-state index contributed by atoms with van der Waals surface area (Å²) < 4.78 is 5.11. The zero-order chi connectivity index (χ0) is 12.8. The lowest BCUT2D eigenvalue weighted by Gasteiger charge is -2.20. The molecule has 0 fully saturated rings. The Hall–Kier alpha value is -1.14. The zero-order valence-electron chi connectivity index (χ0n) is 9.84. The molecule has 0 aliphatic carbocycles. The van der Waals surface area contributed by atoms with Gasteiger partial charge >= 0.3 is 0 Å². The van der Waals surface area contributed by atoms with E-state index in [1.807, 2.05) is 0 Å². The molecule has 0 bridgehead atoms. The summed E-state index contributed by atoms with van der Waals surface area (Å²) in [7, 11) is 1.49. The molecule has 1 rings (SSSR count). The van der Waals surface area contributed by atoms with E-state index < -0.39 is 12.2 Å². The van der Waals surface area contributed by atoms with Gasteiger partial charge in [-0.3, -0.25) is 0 Å². The molecule has 0 aliphatic rings. The van der Waals surface area contributed by atoms with Crippen LogP contribution in [-0.2, 0) is 6.61 Å². The maximum atomic E-state index is 9.98. The maximum Gasteiger partial charge on any atom is 0.124 e. The number of nitrogens with two attached hydrogens (primary N) is 1. The van der Waals surface area contributed by atoms with Crippen molar-refractivity contribution in [3.05, 3.63) is 29.3 Å². The standard InChI is InChI=1S/C12H19NO4/c1-17-11-3-2-8(7-14)6-9(11)12(16)10(15)4-5-13/h2-3,6,10,12,14-16H,4-5,7,13H2,1H3. The molecule has 5 N–H and O–H groups in total. The van der Waals surface area contributed by atoms with Crippen molar-refractivity contribution < 1.29 is 20.1 Å². The van der Waals surface area contributed by atoms with E-state index in [0.29, 0.717) is 29.8 Å². The minimum absolute atomic E-state index is 0.128. The second-order valence-electron chi connectivity index (χ2n) is 3.82. The van der Waals surface area contributed by atoms with Gasteiger partial charge in [-0.1, -0.05) is 6.07 Å². The van der Waals surface area contributed by atoms with Crippen LogP contribution in [0.1, 0.15) is 23.7 Å². The third-order valence-corrected chi connectivity index (χ3v) is 2.62. The monoisotopic (exact) mass is 241 g/mol. The van der Waals surface area contributed by atoms with Gasteiger partial charge < -0.3 is 25.8 Å². The molecular formula is C12H19NO4. The van der Waals surface area contributed by atoms with Crippen molar-refractivity contribution >= 4 is 0 Å². The van der Waals surface area contributed by atoms with Crippen LogP contribution in [0.25, 0.3) is 0 Å². The Morgan fingerprint density at radius 2 is 2.06 bits per heavy atom. The highest BCUT2D eigenvalue weighted by Gasteiger charge is 2.21. The van der Waals surface area contributed by atoms with Crippen molar-refractivity contribution in [2.45, 2.75) is 25.2 Å². The second-order valence-corrected chi connectivity index (χ2v) is 3.82. The molecule has 0 saturated heterocycles. The van der Waals surface area contributed by atoms with Gasteiger partial charge in [-0.25, -0.2) is 0 Å². The lowest BCUT2D eigenvalue weighted by atomic mass is 9.99. The van der Waals surface area contributed by atoms with Gasteiger partial charge in [-0.15, -0.1) is 0 Å². The molecule has 5 nitrogen and oxygen atoms in total. The fourth-order valence-electron chi connectivity index (χ4n) is 1.65. The van der Waals surface area contributed by atoms with Crippen LogP contribution in [0.3, 0.4) is 0 Å². The predicted molar refractivity (Wildman–Crippen MR) is 63.6 cm³/mol.